The third kappa shape index (κ3) is 4.74. The van der Waals surface area contributed by atoms with E-state index in [4.69, 9.17) is 32.4 Å². The van der Waals surface area contributed by atoms with Gasteiger partial charge in [0.2, 0.25) is 5.76 Å². The van der Waals surface area contributed by atoms with Crippen molar-refractivity contribution in [3.05, 3.63) is 57.5 Å². The van der Waals surface area contributed by atoms with Crippen LogP contribution in [0.2, 0.25) is 10.0 Å². The van der Waals surface area contributed by atoms with E-state index in [0.29, 0.717) is 15.8 Å². The molecule has 7 heteroatoms. The minimum absolute atomic E-state index is 0.0628. The van der Waals surface area contributed by atoms with Crippen molar-refractivity contribution in [2.24, 2.45) is 0 Å². The van der Waals surface area contributed by atoms with Gasteiger partial charge in [0, 0.05) is 0 Å². The number of hydrogen-bond donors (Lipinski definition) is 1. The molecular formula is C16H15Cl2NO4. The third-order valence-corrected chi connectivity index (χ3v) is 3.84. The summed E-state index contributed by atoms with van der Waals surface area (Å²) in [4.78, 5) is 23.5. The molecule has 0 spiro atoms. The van der Waals surface area contributed by atoms with Gasteiger partial charge in [0.25, 0.3) is 5.91 Å². The zero-order valence-corrected chi connectivity index (χ0v) is 14.1. The third-order valence-electron chi connectivity index (χ3n) is 3.10. The number of aryl methyl sites for hydroxylation is 1. The molecule has 1 aromatic carbocycles. The predicted molar refractivity (Wildman–Crippen MR) is 86.7 cm³/mol. The minimum atomic E-state index is -0.685. The Hall–Kier alpha value is -1.98. The van der Waals surface area contributed by atoms with E-state index in [-0.39, 0.29) is 11.8 Å². The Morgan fingerprint density at radius 3 is 2.57 bits per heavy atom. The summed E-state index contributed by atoms with van der Waals surface area (Å²) in [6.45, 7) is 3.10. The van der Waals surface area contributed by atoms with Crippen LogP contribution in [0.25, 0.3) is 0 Å². The zero-order valence-electron chi connectivity index (χ0n) is 12.6. The van der Waals surface area contributed by atoms with E-state index in [9.17, 15) is 9.59 Å². The second-order valence-corrected chi connectivity index (χ2v) is 5.76. The molecule has 0 saturated carbocycles. The number of amides is 1. The summed E-state index contributed by atoms with van der Waals surface area (Å²) in [7, 11) is 0. The van der Waals surface area contributed by atoms with Gasteiger partial charge in [-0.25, -0.2) is 4.79 Å². The van der Waals surface area contributed by atoms with Crippen LogP contribution in [-0.4, -0.2) is 18.5 Å². The first-order valence-electron chi connectivity index (χ1n) is 6.84. The van der Waals surface area contributed by atoms with Crippen LogP contribution < -0.4 is 5.32 Å². The number of benzene rings is 1. The molecule has 1 aromatic heterocycles. The number of carbonyl (C=O) groups excluding carboxylic acids is 2. The van der Waals surface area contributed by atoms with Crippen molar-refractivity contribution in [1.29, 1.82) is 0 Å². The first kappa shape index (κ1) is 17.4. The van der Waals surface area contributed by atoms with Gasteiger partial charge in [-0.1, -0.05) is 29.3 Å². The molecule has 122 valence electrons. The molecule has 2 rings (SSSR count). The summed E-state index contributed by atoms with van der Waals surface area (Å²) in [6, 6.07) is 7.92. The lowest BCUT2D eigenvalue weighted by molar-refractivity contribution is -0.124. The number of rotatable bonds is 5. The smallest absolute Gasteiger partial charge is 0.374 e. The lowest BCUT2D eigenvalue weighted by Gasteiger charge is -2.15. The van der Waals surface area contributed by atoms with Crippen molar-refractivity contribution < 1.29 is 18.7 Å². The van der Waals surface area contributed by atoms with Crippen molar-refractivity contribution in [3.63, 3.8) is 0 Å². The van der Waals surface area contributed by atoms with Crippen LogP contribution in [0, 0.1) is 6.92 Å². The maximum absolute atomic E-state index is 11.8. The summed E-state index contributed by atoms with van der Waals surface area (Å²) in [6.07, 6.45) is 0. The number of esters is 1. The molecule has 0 unspecified atom stereocenters. The molecule has 1 amide bonds. The van der Waals surface area contributed by atoms with Gasteiger partial charge < -0.3 is 14.5 Å². The van der Waals surface area contributed by atoms with Crippen molar-refractivity contribution in [1.82, 2.24) is 5.32 Å². The largest absolute Gasteiger partial charge is 0.454 e. The zero-order chi connectivity index (χ0) is 17.0. The monoisotopic (exact) mass is 355 g/mol. The lowest BCUT2D eigenvalue weighted by atomic mass is 10.1. The maximum Gasteiger partial charge on any atom is 0.374 e. The average Bonchev–Trinajstić information content (AvgIpc) is 2.94. The predicted octanol–water partition coefficient (Wildman–Crippen LogP) is 3.93. The lowest BCUT2D eigenvalue weighted by Crippen LogP contribution is -2.31. The van der Waals surface area contributed by atoms with Crippen LogP contribution in [0.4, 0.5) is 0 Å². The molecule has 23 heavy (non-hydrogen) atoms. The van der Waals surface area contributed by atoms with Crippen molar-refractivity contribution >= 4 is 35.1 Å². The van der Waals surface area contributed by atoms with Gasteiger partial charge in [-0.05, 0) is 43.7 Å². The first-order valence-corrected chi connectivity index (χ1v) is 7.60. The topological polar surface area (TPSA) is 68.5 Å². The van der Waals surface area contributed by atoms with Crippen LogP contribution in [0.5, 0.6) is 0 Å². The summed E-state index contributed by atoms with van der Waals surface area (Å²) >= 11 is 11.8. The summed E-state index contributed by atoms with van der Waals surface area (Å²) in [5, 5.41) is 3.55. The Bertz CT molecular complexity index is 727. The van der Waals surface area contributed by atoms with E-state index in [1.807, 2.05) is 0 Å². The van der Waals surface area contributed by atoms with Gasteiger partial charge in [0.05, 0.1) is 16.1 Å². The fraction of sp³-hybridized carbons (Fsp3) is 0.250. The van der Waals surface area contributed by atoms with Gasteiger partial charge in [-0.3, -0.25) is 4.79 Å². The molecule has 0 bridgehead atoms. The number of carbonyl (C=O) groups is 2. The number of furan rings is 1. The van der Waals surface area contributed by atoms with Crippen LogP contribution >= 0.6 is 23.2 Å². The normalized spacial score (nSPS) is 11.8. The summed E-state index contributed by atoms with van der Waals surface area (Å²) in [5.41, 5.74) is 0.792. The van der Waals surface area contributed by atoms with E-state index < -0.39 is 18.5 Å². The number of nitrogens with one attached hydrogen (secondary N) is 1. The molecule has 1 N–H and O–H groups in total. The molecule has 5 nitrogen and oxygen atoms in total. The standard InChI is InChI=1S/C16H15Cl2NO4/c1-9-3-6-14(23-9)16(21)22-8-15(20)19-10(2)11-4-5-12(17)13(18)7-11/h3-7,10H,8H2,1-2H3,(H,19,20)/t10-/m0/s1. The fourth-order valence-corrected chi connectivity index (χ4v) is 2.20. The van der Waals surface area contributed by atoms with Crippen molar-refractivity contribution in [2.75, 3.05) is 6.61 Å². The highest BCUT2D eigenvalue weighted by Crippen LogP contribution is 2.25. The molecule has 0 aliphatic rings. The molecule has 0 radical (unpaired) electrons. The highest BCUT2D eigenvalue weighted by atomic mass is 35.5. The Morgan fingerprint density at radius 2 is 1.96 bits per heavy atom. The quantitative estimate of drug-likeness (QED) is 0.825. The molecule has 0 fully saturated rings. The van der Waals surface area contributed by atoms with Gasteiger partial charge in [-0.2, -0.15) is 0 Å². The Kier molecular flexibility index (Phi) is 5.69. The van der Waals surface area contributed by atoms with E-state index in [0.717, 1.165) is 5.56 Å². The SMILES string of the molecule is Cc1ccc(C(=O)OCC(=O)N[C@@H](C)c2ccc(Cl)c(Cl)c2)o1. The van der Waals surface area contributed by atoms with E-state index in [1.165, 1.54) is 6.07 Å². The van der Waals surface area contributed by atoms with Gasteiger partial charge in [0.15, 0.2) is 6.61 Å². The van der Waals surface area contributed by atoms with Crippen LogP contribution in [0.1, 0.15) is 34.8 Å². The van der Waals surface area contributed by atoms with Crippen LogP contribution in [-0.2, 0) is 9.53 Å². The van der Waals surface area contributed by atoms with Crippen molar-refractivity contribution in [2.45, 2.75) is 19.9 Å². The van der Waals surface area contributed by atoms with Crippen LogP contribution in [0.3, 0.4) is 0 Å². The summed E-state index contributed by atoms with van der Waals surface area (Å²) < 4.78 is 10.0. The second-order valence-electron chi connectivity index (χ2n) is 4.95. The fourth-order valence-electron chi connectivity index (χ4n) is 1.89. The average molecular weight is 356 g/mol. The molecule has 0 aliphatic heterocycles. The second kappa shape index (κ2) is 7.53. The maximum atomic E-state index is 11.8. The molecular weight excluding hydrogens is 341 g/mol. The van der Waals surface area contributed by atoms with Gasteiger partial charge in [0.1, 0.15) is 5.76 Å². The van der Waals surface area contributed by atoms with Gasteiger partial charge in [-0.15, -0.1) is 0 Å². The van der Waals surface area contributed by atoms with Crippen LogP contribution in [0.15, 0.2) is 34.7 Å². The number of halogens is 2. The minimum Gasteiger partial charge on any atom is -0.454 e. The highest BCUT2D eigenvalue weighted by Gasteiger charge is 2.15. The molecule has 0 saturated heterocycles. The number of hydrogen-bond acceptors (Lipinski definition) is 4. The number of ether oxygens (including phenoxy) is 1. The van der Waals surface area contributed by atoms with Gasteiger partial charge >= 0.3 is 5.97 Å². The molecule has 1 atom stereocenters. The molecule has 2 aromatic rings. The Morgan fingerprint density at radius 1 is 1.22 bits per heavy atom. The molecule has 0 aliphatic carbocycles. The van der Waals surface area contributed by atoms with E-state index in [2.05, 4.69) is 5.32 Å². The summed E-state index contributed by atoms with van der Waals surface area (Å²) in [5.74, 6) is -0.460. The van der Waals surface area contributed by atoms with E-state index in [1.54, 1.807) is 38.1 Å². The Balaban J connectivity index is 1.86. The van der Waals surface area contributed by atoms with E-state index >= 15 is 0 Å². The van der Waals surface area contributed by atoms with Crippen molar-refractivity contribution in [3.8, 4) is 0 Å². The Labute approximate surface area is 143 Å². The molecule has 1 heterocycles. The highest BCUT2D eigenvalue weighted by molar-refractivity contribution is 6.42. The first-order chi connectivity index (χ1) is 10.9.